The number of carbonyl (C=O) groups excluding carboxylic acids is 15. The van der Waals surface area contributed by atoms with Crippen molar-refractivity contribution in [2.24, 2.45) is 0 Å². The normalized spacial score (nSPS) is 9.43. The van der Waals surface area contributed by atoms with Crippen molar-refractivity contribution in [1.29, 1.82) is 0 Å². The maximum absolute atomic E-state index is 9.55. The molecule has 0 amide bonds. The predicted octanol–water partition coefficient (Wildman–Crippen LogP) is -4.12. The molecule has 0 aromatic rings. The van der Waals surface area contributed by atoms with Gasteiger partial charge in [-0.2, -0.15) is 0 Å². The van der Waals surface area contributed by atoms with Gasteiger partial charge in [-0.15, -0.1) is 0 Å². The zero-order chi connectivity index (χ0) is 28.5. The van der Waals surface area contributed by atoms with Crippen LogP contribution in [0.5, 0.6) is 0 Å². The van der Waals surface area contributed by atoms with E-state index in [1.165, 1.54) is 0 Å². The Labute approximate surface area is 217 Å². The van der Waals surface area contributed by atoms with Crippen LogP contribution in [0.1, 0.15) is 0 Å². The summed E-state index contributed by atoms with van der Waals surface area (Å²) in [7, 11) is 0. The van der Waals surface area contributed by atoms with E-state index in [4.69, 9.17) is 0 Å². The van der Waals surface area contributed by atoms with Gasteiger partial charge in [-0.05, 0) is 0 Å². The van der Waals surface area contributed by atoms with Crippen LogP contribution >= 0.6 is 0 Å². The van der Waals surface area contributed by atoms with E-state index >= 15 is 0 Å². The van der Waals surface area contributed by atoms with E-state index < -0.39 is 69.5 Å². The molecule has 200 valence electrons. The first-order valence-electron chi connectivity index (χ1n) is 6.81. The van der Waals surface area contributed by atoms with Gasteiger partial charge in [0.2, 0.25) is 0 Å². The van der Waals surface area contributed by atoms with Crippen LogP contribution in [0, 0.1) is 0 Å². The molecule has 0 spiro atoms. The average molecular weight is 710 g/mol. The number of hydrogen-bond acceptors (Lipinski definition) is 15. The van der Waals surface area contributed by atoms with Crippen molar-refractivity contribution >= 4 is 77.8 Å². The summed E-state index contributed by atoms with van der Waals surface area (Å²) in [5, 5.41) is 5.94. The van der Waals surface area contributed by atoms with Gasteiger partial charge in [-0.3, -0.25) is 0 Å². The summed E-state index contributed by atoms with van der Waals surface area (Å²) in [6.07, 6.45) is 0. The molecule has 0 unspecified atom stereocenters. The fourth-order valence-electron chi connectivity index (χ4n) is 0.315. The van der Waals surface area contributed by atoms with E-state index in [0.717, 1.165) is 0 Å². The Kier molecular flexibility index (Phi) is 47.5. The first-order valence-corrected chi connectivity index (χ1v) is 17.0. The third-order valence-corrected chi connectivity index (χ3v) is 6.36. The molecule has 0 heterocycles. The first kappa shape index (κ1) is 42.8. The van der Waals surface area contributed by atoms with E-state index in [1.807, 2.05) is 0 Å². The molecular formula is C15H15Mn5O15. The summed E-state index contributed by atoms with van der Waals surface area (Å²) < 4.78 is 0. The molecule has 0 aromatic heterocycles. The van der Waals surface area contributed by atoms with E-state index in [-0.39, 0.29) is 0 Å². The van der Waals surface area contributed by atoms with Crippen LogP contribution < -0.4 is 0 Å². The molecule has 0 bridgehead atoms. The molecule has 15 nitrogen and oxygen atoms in total. The molecule has 0 fully saturated rings. The first-order chi connectivity index (χ1) is 16.7. The second-order valence-electron chi connectivity index (χ2n) is 3.23. The predicted molar refractivity (Wildman–Crippen MR) is 101 cm³/mol. The SMILES string of the molecule is O=[CH][Mn]([CH]=O)[CH]=O.O=[CH][Mn]([CH]=O)[CH]=O.O=[CH][Mn]([CH]=O)[CH]=O.O=[CH][Mn]([CH]=O)[CH]=O.O=[CH][Mn]([CH]=O)[CH]=O. The number of rotatable bonds is 15. The second kappa shape index (κ2) is 38.9. The van der Waals surface area contributed by atoms with Crippen LogP contribution in [0.15, 0.2) is 0 Å². The zero-order valence-electron chi connectivity index (χ0n) is 16.7. The van der Waals surface area contributed by atoms with Gasteiger partial charge in [0.1, 0.15) is 0 Å². The molecule has 0 aliphatic rings. The Morgan fingerprint density at radius 3 is 0.229 bits per heavy atom. The van der Waals surface area contributed by atoms with Crippen LogP contribution in [0.2, 0.25) is 0 Å². The molecule has 0 aromatic carbocycles. The van der Waals surface area contributed by atoms with Gasteiger partial charge >= 0.3 is 219 Å². The van der Waals surface area contributed by atoms with Crippen molar-refractivity contribution in [3.63, 3.8) is 0 Å². The van der Waals surface area contributed by atoms with E-state index in [2.05, 4.69) is 0 Å². The zero-order valence-corrected chi connectivity index (χ0v) is 22.6. The van der Waals surface area contributed by atoms with Gasteiger partial charge in [0.25, 0.3) is 0 Å². The molecule has 0 aliphatic carbocycles. The third kappa shape index (κ3) is 36.4. The molecule has 0 saturated heterocycles. The van der Waals surface area contributed by atoms with Crippen LogP contribution in [0.25, 0.3) is 0 Å². The number of carbonyl (C=O) groups is 15. The van der Waals surface area contributed by atoms with Crippen molar-refractivity contribution in [2.45, 2.75) is 0 Å². The summed E-state index contributed by atoms with van der Waals surface area (Å²) in [6.45, 7) is 0. The summed E-state index contributed by atoms with van der Waals surface area (Å²) in [4.78, 5) is 143. The van der Waals surface area contributed by atoms with Crippen LogP contribution in [0.4, 0.5) is 0 Å². The topological polar surface area (TPSA) is 256 Å². The van der Waals surface area contributed by atoms with Gasteiger partial charge in [-0.1, -0.05) is 0 Å². The van der Waals surface area contributed by atoms with Gasteiger partial charge in [0.05, 0.1) is 0 Å². The van der Waals surface area contributed by atoms with Gasteiger partial charge < -0.3 is 0 Å². The minimum absolute atomic E-state index is 0.396. The molecule has 0 aliphatic heterocycles. The average Bonchev–Trinajstić information content (AvgIpc) is 2.91. The molecule has 0 radical (unpaired) electrons. The minimum atomic E-state index is -1.92. The third-order valence-electron chi connectivity index (χ3n) is 1.54. The Balaban J connectivity index is -0.000000107. The van der Waals surface area contributed by atoms with Crippen molar-refractivity contribution in [2.75, 3.05) is 0 Å². The summed E-state index contributed by atoms with van der Waals surface area (Å²) in [5.41, 5.74) is 0. The van der Waals surface area contributed by atoms with Crippen molar-refractivity contribution in [1.82, 2.24) is 0 Å². The Hall–Kier alpha value is -2.35. The van der Waals surface area contributed by atoms with Crippen molar-refractivity contribution < 1.29 is 141 Å². The summed E-state index contributed by atoms with van der Waals surface area (Å²) in [6, 6.07) is 0. The van der Waals surface area contributed by atoms with Crippen molar-refractivity contribution in [3.05, 3.63) is 0 Å². The van der Waals surface area contributed by atoms with Crippen LogP contribution in [0.3, 0.4) is 0 Å². The Morgan fingerprint density at radius 1 is 0.171 bits per heavy atom. The molecule has 0 atom stereocenters. The van der Waals surface area contributed by atoms with Crippen LogP contribution in [-0.2, 0) is 141 Å². The summed E-state index contributed by atoms with van der Waals surface area (Å²) >= 11 is -9.62. The standard InChI is InChI=1S/15CHO.5Mn/c15*1-2;;;;;/h15*1H;;;;;. The molecule has 0 N–H and O–H groups in total. The fourth-order valence-corrected chi connectivity index (χ4v) is 1.30. The molecule has 0 saturated carbocycles. The number of hydrogen-bond donors (Lipinski definition) is 0. The van der Waals surface area contributed by atoms with Gasteiger partial charge in [0, 0.05) is 0 Å². The Bertz CT molecular complexity index is 495. The van der Waals surface area contributed by atoms with Crippen LogP contribution in [-0.4, -0.2) is 77.8 Å². The molecule has 0 rings (SSSR count). The quantitative estimate of drug-likeness (QED) is 0.116. The summed E-state index contributed by atoms with van der Waals surface area (Å²) in [5.74, 6) is 0. The van der Waals surface area contributed by atoms with E-state index in [9.17, 15) is 71.9 Å². The molecular weight excluding hydrogens is 695 g/mol. The Morgan fingerprint density at radius 2 is 0.229 bits per heavy atom. The molecule has 20 heteroatoms. The van der Waals surface area contributed by atoms with Gasteiger partial charge in [0.15, 0.2) is 0 Å². The van der Waals surface area contributed by atoms with E-state index in [0.29, 0.717) is 77.8 Å². The fraction of sp³-hybridized carbons (Fsp3) is 0. The maximum atomic E-state index is 9.55. The van der Waals surface area contributed by atoms with E-state index in [1.54, 1.807) is 0 Å². The van der Waals surface area contributed by atoms with Crippen molar-refractivity contribution in [3.8, 4) is 0 Å². The second-order valence-corrected chi connectivity index (χ2v) is 13.3. The van der Waals surface area contributed by atoms with Gasteiger partial charge in [-0.25, -0.2) is 0 Å². The molecule has 35 heavy (non-hydrogen) atoms. The monoisotopic (exact) mass is 710 g/mol.